The van der Waals surface area contributed by atoms with Gasteiger partial charge in [0.1, 0.15) is 0 Å². The Kier molecular flexibility index (Phi) is 12.7. The SMILES string of the molecule is CN=C(NCCc1cc(Cl)cc(Cl)c1)N1CCC(OCCCOC)CC1.I. The Balaban J connectivity index is 0.00000364. The van der Waals surface area contributed by atoms with Crippen molar-refractivity contribution in [1.82, 2.24) is 10.2 Å². The average Bonchev–Trinajstić information content (AvgIpc) is 2.62. The summed E-state index contributed by atoms with van der Waals surface area (Å²) in [5, 5.41) is 4.78. The molecule has 5 nitrogen and oxygen atoms in total. The molecule has 0 spiro atoms. The van der Waals surface area contributed by atoms with Gasteiger partial charge < -0.3 is 19.7 Å². The van der Waals surface area contributed by atoms with E-state index in [4.69, 9.17) is 32.7 Å². The Bertz CT molecular complexity index is 562. The van der Waals surface area contributed by atoms with E-state index in [0.717, 1.165) is 70.1 Å². The lowest BCUT2D eigenvalue weighted by Crippen LogP contribution is -2.47. The van der Waals surface area contributed by atoms with Gasteiger partial charge in [-0.1, -0.05) is 23.2 Å². The highest BCUT2D eigenvalue weighted by molar-refractivity contribution is 14.0. The standard InChI is InChI=1S/C19H29Cl2N3O2.HI/c1-22-19(23-7-4-15-12-16(20)14-17(21)13-15)24-8-5-18(6-9-24)26-11-3-10-25-2;/h12-14,18H,3-11H2,1-2H3,(H,22,23);1H. The van der Waals surface area contributed by atoms with Crippen LogP contribution in [0.15, 0.2) is 23.2 Å². The van der Waals surface area contributed by atoms with Crippen molar-refractivity contribution >= 4 is 53.1 Å². The van der Waals surface area contributed by atoms with Gasteiger partial charge in [0.15, 0.2) is 5.96 Å². The highest BCUT2D eigenvalue weighted by Gasteiger charge is 2.21. The predicted octanol–water partition coefficient (Wildman–Crippen LogP) is 4.25. The van der Waals surface area contributed by atoms with Gasteiger partial charge in [0.25, 0.3) is 0 Å². The highest BCUT2D eigenvalue weighted by atomic mass is 127. The van der Waals surface area contributed by atoms with Crippen LogP contribution in [-0.4, -0.2) is 64.0 Å². The fraction of sp³-hybridized carbons (Fsp3) is 0.632. The van der Waals surface area contributed by atoms with Gasteiger partial charge in [-0.25, -0.2) is 0 Å². The summed E-state index contributed by atoms with van der Waals surface area (Å²) in [4.78, 5) is 6.70. The molecule has 0 aliphatic carbocycles. The Labute approximate surface area is 189 Å². The molecule has 2 rings (SSSR count). The van der Waals surface area contributed by atoms with Crippen LogP contribution in [0.25, 0.3) is 0 Å². The molecule has 0 atom stereocenters. The number of hydrogen-bond acceptors (Lipinski definition) is 3. The molecule has 27 heavy (non-hydrogen) atoms. The monoisotopic (exact) mass is 529 g/mol. The van der Waals surface area contributed by atoms with E-state index in [-0.39, 0.29) is 24.0 Å². The molecule has 0 radical (unpaired) electrons. The molecular weight excluding hydrogens is 500 g/mol. The minimum Gasteiger partial charge on any atom is -0.385 e. The van der Waals surface area contributed by atoms with Crippen LogP contribution in [-0.2, 0) is 15.9 Å². The summed E-state index contributed by atoms with van der Waals surface area (Å²) in [6.45, 7) is 4.23. The normalized spacial score (nSPS) is 15.6. The summed E-state index contributed by atoms with van der Waals surface area (Å²) in [5.41, 5.74) is 1.12. The van der Waals surface area contributed by atoms with E-state index < -0.39 is 0 Å². The second kappa shape index (κ2) is 13.8. The van der Waals surface area contributed by atoms with Crippen molar-refractivity contribution in [2.45, 2.75) is 31.8 Å². The molecule has 0 saturated carbocycles. The summed E-state index contributed by atoms with van der Waals surface area (Å²) in [6, 6.07) is 5.65. The number of nitrogens with one attached hydrogen (secondary N) is 1. The summed E-state index contributed by atoms with van der Waals surface area (Å²) in [6.07, 6.45) is 4.19. The predicted molar refractivity (Wildman–Crippen MR) is 124 cm³/mol. The molecule has 1 aromatic carbocycles. The van der Waals surface area contributed by atoms with Crippen LogP contribution in [0.5, 0.6) is 0 Å². The van der Waals surface area contributed by atoms with E-state index in [9.17, 15) is 0 Å². The fourth-order valence-corrected chi connectivity index (χ4v) is 3.66. The van der Waals surface area contributed by atoms with Crippen LogP contribution in [0.4, 0.5) is 0 Å². The van der Waals surface area contributed by atoms with E-state index >= 15 is 0 Å². The van der Waals surface area contributed by atoms with Crippen LogP contribution >= 0.6 is 47.2 Å². The van der Waals surface area contributed by atoms with Gasteiger partial charge in [-0.15, -0.1) is 24.0 Å². The van der Waals surface area contributed by atoms with Gasteiger partial charge in [0, 0.05) is 57.1 Å². The van der Waals surface area contributed by atoms with Gasteiger partial charge in [0.05, 0.1) is 6.10 Å². The van der Waals surface area contributed by atoms with Crippen LogP contribution in [0.2, 0.25) is 10.0 Å². The van der Waals surface area contributed by atoms with Gasteiger partial charge in [-0.05, 0) is 49.4 Å². The van der Waals surface area contributed by atoms with Crippen LogP contribution in [0, 0.1) is 0 Å². The van der Waals surface area contributed by atoms with Crippen LogP contribution in [0.3, 0.4) is 0 Å². The zero-order valence-electron chi connectivity index (χ0n) is 16.0. The van der Waals surface area contributed by atoms with Gasteiger partial charge >= 0.3 is 0 Å². The van der Waals surface area contributed by atoms with E-state index in [1.54, 1.807) is 13.2 Å². The first kappa shape index (κ1) is 24.8. The number of ether oxygens (including phenoxy) is 2. The van der Waals surface area contributed by atoms with Gasteiger partial charge in [-0.2, -0.15) is 0 Å². The van der Waals surface area contributed by atoms with Crippen molar-refractivity contribution in [3.05, 3.63) is 33.8 Å². The third-order valence-corrected chi connectivity index (χ3v) is 4.86. The number of nitrogens with zero attached hydrogens (tertiary/aromatic N) is 2. The first-order valence-electron chi connectivity index (χ1n) is 9.13. The molecule has 1 N–H and O–H groups in total. The highest BCUT2D eigenvalue weighted by Crippen LogP contribution is 2.19. The summed E-state index contributed by atoms with van der Waals surface area (Å²) in [7, 11) is 3.55. The number of likely N-dealkylation sites (tertiary alicyclic amines) is 1. The zero-order valence-corrected chi connectivity index (χ0v) is 19.9. The Morgan fingerprint density at radius 1 is 1.19 bits per heavy atom. The second-order valence-corrected chi connectivity index (χ2v) is 7.28. The quantitative estimate of drug-likeness (QED) is 0.237. The number of halogens is 3. The molecular formula is C19H30Cl2IN3O2. The van der Waals surface area contributed by atoms with E-state index in [1.807, 2.05) is 19.2 Å². The lowest BCUT2D eigenvalue weighted by Gasteiger charge is -2.34. The van der Waals surface area contributed by atoms with Gasteiger partial charge in [-0.3, -0.25) is 4.99 Å². The molecule has 8 heteroatoms. The number of piperidine rings is 1. The fourth-order valence-electron chi connectivity index (χ4n) is 3.09. The van der Waals surface area contributed by atoms with Gasteiger partial charge in [0.2, 0.25) is 0 Å². The lowest BCUT2D eigenvalue weighted by molar-refractivity contribution is 0.00992. The summed E-state index contributed by atoms with van der Waals surface area (Å²) in [5.74, 6) is 0.941. The Morgan fingerprint density at radius 2 is 1.85 bits per heavy atom. The summed E-state index contributed by atoms with van der Waals surface area (Å²) < 4.78 is 11.0. The van der Waals surface area contributed by atoms with E-state index in [1.165, 1.54) is 0 Å². The molecule has 0 aromatic heterocycles. The van der Waals surface area contributed by atoms with Crippen molar-refractivity contribution in [2.75, 3.05) is 47.0 Å². The van der Waals surface area contributed by atoms with Crippen LogP contribution in [0.1, 0.15) is 24.8 Å². The number of benzene rings is 1. The maximum Gasteiger partial charge on any atom is 0.193 e. The molecule has 1 saturated heterocycles. The van der Waals surface area contributed by atoms with Crippen molar-refractivity contribution in [1.29, 1.82) is 0 Å². The Hall–Kier alpha value is -0.280. The van der Waals surface area contributed by atoms with Crippen LogP contribution < -0.4 is 5.32 Å². The number of aliphatic imine (C=N–C) groups is 1. The molecule has 1 aromatic rings. The van der Waals surface area contributed by atoms with Crippen molar-refractivity contribution in [3.63, 3.8) is 0 Å². The third-order valence-electron chi connectivity index (χ3n) is 4.42. The molecule has 1 heterocycles. The maximum absolute atomic E-state index is 6.05. The molecule has 0 bridgehead atoms. The Morgan fingerprint density at radius 3 is 2.44 bits per heavy atom. The molecule has 1 aliphatic heterocycles. The van der Waals surface area contributed by atoms with E-state index in [2.05, 4.69) is 15.2 Å². The number of guanidine groups is 1. The smallest absolute Gasteiger partial charge is 0.193 e. The molecule has 154 valence electrons. The van der Waals surface area contributed by atoms with Crippen molar-refractivity contribution in [3.8, 4) is 0 Å². The molecule has 1 aliphatic rings. The summed E-state index contributed by atoms with van der Waals surface area (Å²) >= 11 is 12.1. The first-order valence-corrected chi connectivity index (χ1v) is 9.89. The number of hydrogen-bond donors (Lipinski definition) is 1. The van der Waals surface area contributed by atoms with Crippen molar-refractivity contribution in [2.24, 2.45) is 4.99 Å². The molecule has 0 amide bonds. The zero-order chi connectivity index (χ0) is 18.8. The minimum absolute atomic E-state index is 0. The average molecular weight is 530 g/mol. The lowest BCUT2D eigenvalue weighted by atomic mass is 10.1. The minimum atomic E-state index is 0. The largest absolute Gasteiger partial charge is 0.385 e. The molecule has 1 fully saturated rings. The number of rotatable bonds is 8. The maximum atomic E-state index is 6.05. The van der Waals surface area contributed by atoms with Crippen molar-refractivity contribution < 1.29 is 9.47 Å². The third kappa shape index (κ3) is 9.17. The van der Waals surface area contributed by atoms with E-state index in [0.29, 0.717) is 16.1 Å². The molecule has 0 unspecified atom stereocenters. The first-order chi connectivity index (χ1) is 12.6. The number of methoxy groups -OCH3 is 1. The topological polar surface area (TPSA) is 46.1 Å². The second-order valence-electron chi connectivity index (χ2n) is 6.41.